The average molecular weight is 486 g/mol. The first-order chi connectivity index (χ1) is 15.0. The first kappa shape index (κ1) is 24.5. The van der Waals surface area contributed by atoms with Crippen LogP contribution in [0, 0.1) is 18.6 Å². The number of pyridine rings is 1. The van der Waals surface area contributed by atoms with E-state index in [1.54, 1.807) is 13.8 Å². The minimum absolute atomic E-state index is 0.00628. The lowest BCUT2D eigenvalue weighted by atomic mass is 9.70. The van der Waals surface area contributed by atoms with E-state index in [0.717, 1.165) is 17.8 Å². The van der Waals surface area contributed by atoms with Crippen molar-refractivity contribution in [1.29, 1.82) is 0 Å². The van der Waals surface area contributed by atoms with Crippen LogP contribution in [0.4, 0.5) is 8.78 Å². The Morgan fingerprint density at radius 2 is 1.84 bits per heavy atom. The highest BCUT2D eigenvalue weighted by molar-refractivity contribution is 7.89. The minimum atomic E-state index is -3.35. The van der Waals surface area contributed by atoms with Gasteiger partial charge in [0.25, 0.3) is 5.91 Å². The fourth-order valence-electron chi connectivity index (χ4n) is 4.22. The van der Waals surface area contributed by atoms with Gasteiger partial charge < -0.3 is 5.32 Å². The predicted molar refractivity (Wildman–Crippen MR) is 119 cm³/mol. The first-order valence-electron chi connectivity index (χ1n) is 10.4. The van der Waals surface area contributed by atoms with Gasteiger partial charge in [-0.05, 0) is 57.9 Å². The lowest BCUT2D eigenvalue weighted by molar-refractivity contribution is 0.0888. The van der Waals surface area contributed by atoms with E-state index in [-0.39, 0.29) is 18.8 Å². The third-order valence-electron chi connectivity index (χ3n) is 6.22. The highest BCUT2D eigenvalue weighted by Crippen LogP contribution is 2.39. The number of hydrogen-bond donors (Lipinski definition) is 1. The molecule has 1 atom stereocenters. The number of aryl methyl sites for hydroxylation is 1. The van der Waals surface area contributed by atoms with Crippen molar-refractivity contribution in [2.24, 2.45) is 0 Å². The van der Waals surface area contributed by atoms with Crippen LogP contribution in [0.15, 0.2) is 30.3 Å². The number of nitrogens with zero attached hydrogens (tertiary/aromatic N) is 2. The minimum Gasteiger partial charge on any atom is -0.348 e. The monoisotopic (exact) mass is 485 g/mol. The van der Waals surface area contributed by atoms with Crippen LogP contribution in [-0.2, 0) is 15.4 Å². The molecule has 0 spiro atoms. The van der Waals surface area contributed by atoms with E-state index in [4.69, 9.17) is 11.6 Å². The Morgan fingerprint density at radius 3 is 2.44 bits per heavy atom. The number of piperidine rings is 1. The van der Waals surface area contributed by atoms with Crippen molar-refractivity contribution in [3.63, 3.8) is 0 Å². The van der Waals surface area contributed by atoms with Gasteiger partial charge in [-0.25, -0.2) is 21.5 Å². The largest absolute Gasteiger partial charge is 0.348 e. The van der Waals surface area contributed by atoms with Gasteiger partial charge in [0.05, 0.1) is 16.3 Å². The Hall–Kier alpha value is -2.10. The molecule has 1 aromatic carbocycles. The third kappa shape index (κ3) is 4.65. The summed E-state index contributed by atoms with van der Waals surface area (Å²) in [5, 5.41) is 2.18. The number of carbonyl (C=O) groups excluding carboxylic acids is 1. The van der Waals surface area contributed by atoms with Gasteiger partial charge in [-0.3, -0.25) is 9.78 Å². The highest BCUT2D eigenvalue weighted by atomic mass is 35.5. The Balaban J connectivity index is 1.95. The summed E-state index contributed by atoms with van der Waals surface area (Å²) in [5.41, 5.74) is 0.238. The van der Waals surface area contributed by atoms with Gasteiger partial charge in [0.15, 0.2) is 0 Å². The molecule has 1 aliphatic heterocycles. The van der Waals surface area contributed by atoms with Gasteiger partial charge in [0.1, 0.15) is 11.6 Å². The van der Waals surface area contributed by atoms with Crippen LogP contribution >= 0.6 is 11.6 Å². The number of sulfonamides is 1. The standard InChI is InChI=1S/C22H26ClF2N3O3S/c1-4-32(30,31)28-12-10-22(11-13-28,18-7-5-6-14(2)26-18)15(3)27-21(29)19-16(24)8-9-17(25)20(19)23/h5-9,15H,4,10-13H2,1-3H3,(H,27,29)/t15-/m0/s1. The van der Waals surface area contributed by atoms with Crippen molar-refractivity contribution >= 4 is 27.5 Å². The number of amides is 1. The maximum atomic E-state index is 14.3. The van der Waals surface area contributed by atoms with Crippen LogP contribution < -0.4 is 5.32 Å². The fourth-order valence-corrected chi connectivity index (χ4v) is 5.56. The molecule has 32 heavy (non-hydrogen) atoms. The molecular weight excluding hydrogens is 460 g/mol. The smallest absolute Gasteiger partial charge is 0.256 e. The van der Waals surface area contributed by atoms with Gasteiger partial charge in [-0.1, -0.05) is 17.7 Å². The molecule has 0 bridgehead atoms. The third-order valence-corrected chi connectivity index (χ3v) is 8.47. The van der Waals surface area contributed by atoms with E-state index in [2.05, 4.69) is 10.3 Å². The molecule has 0 aliphatic carbocycles. The van der Waals surface area contributed by atoms with Crippen LogP contribution in [0.1, 0.15) is 48.4 Å². The number of benzene rings is 1. The number of nitrogens with one attached hydrogen (secondary N) is 1. The summed E-state index contributed by atoms with van der Waals surface area (Å²) in [7, 11) is -3.35. The zero-order valence-electron chi connectivity index (χ0n) is 18.2. The molecule has 1 aliphatic rings. The Bertz CT molecular complexity index is 1120. The summed E-state index contributed by atoms with van der Waals surface area (Å²) in [4.78, 5) is 17.5. The molecule has 1 aromatic heterocycles. The summed E-state index contributed by atoms with van der Waals surface area (Å²) in [6.07, 6.45) is 0.812. The highest BCUT2D eigenvalue weighted by Gasteiger charge is 2.45. The topological polar surface area (TPSA) is 79.4 Å². The lowest BCUT2D eigenvalue weighted by Crippen LogP contribution is -2.55. The van der Waals surface area contributed by atoms with Crippen molar-refractivity contribution in [2.45, 2.75) is 45.1 Å². The molecule has 2 aromatic rings. The Labute approximate surface area is 192 Å². The zero-order valence-corrected chi connectivity index (χ0v) is 19.7. The molecular formula is C22H26ClF2N3O3S. The Morgan fingerprint density at radius 1 is 1.22 bits per heavy atom. The number of carbonyl (C=O) groups is 1. The lowest BCUT2D eigenvalue weighted by Gasteiger charge is -2.45. The van der Waals surface area contributed by atoms with E-state index in [1.165, 1.54) is 4.31 Å². The number of halogens is 3. The van der Waals surface area contributed by atoms with Gasteiger partial charge in [0, 0.05) is 35.9 Å². The van der Waals surface area contributed by atoms with Crippen molar-refractivity contribution in [1.82, 2.24) is 14.6 Å². The molecule has 2 heterocycles. The molecule has 3 rings (SSSR count). The second-order valence-electron chi connectivity index (χ2n) is 8.03. The maximum absolute atomic E-state index is 14.3. The molecule has 1 saturated heterocycles. The summed E-state index contributed by atoms with van der Waals surface area (Å²) in [5.74, 6) is -2.64. The van der Waals surface area contributed by atoms with E-state index < -0.39 is 49.6 Å². The normalized spacial score (nSPS) is 17.7. The zero-order chi connectivity index (χ0) is 23.7. The molecule has 0 radical (unpaired) electrons. The number of rotatable bonds is 6. The van der Waals surface area contributed by atoms with Gasteiger partial charge in [-0.2, -0.15) is 0 Å². The second kappa shape index (κ2) is 9.41. The van der Waals surface area contributed by atoms with E-state index in [1.807, 2.05) is 25.1 Å². The number of hydrogen-bond acceptors (Lipinski definition) is 4. The van der Waals surface area contributed by atoms with Gasteiger partial charge in [0.2, 0.25) is 10.0 Å². The van der Waals surface area contributed by atoms with Crippen LogP contribution in [0.5, 0.6) is 0 Å². The molecule has 1 fully saturated rings. The molecule has 0 unspecified atom stereocenters. The first-order valence-corrected chi connectivity index (χ1v) is 12.4. The summed E-state index contributed by atoms with van der Waals surface area (Å²) in [6.45, 7) is 5.73. The second-order valence-corrected chi connectivity index (χ2v) is 10.7. The number of aromatic nitrogens is 1. The summed E-state index contributed by atoms with van der Waals surface area (Å²) < 4.78 is 54.2. The quantitative estimate of drug-likeness (QED) is 0.631. The van der Waals surface area contributed by atoms with Crippen LogP contribution in [0.2, 0.25) is 5.02 Å². The van der Waals surface area contributed by atoms with Crippen molar-refractivity contribution in [3.05, 3.63) is 63.9 Å². The van der Waals surface area contributed by atoms with Crippen molar-refractivity contribution in [3.8, 4) is 0 Å². The van der Waals surface area contributed by atoms with E-state index in [9.17, 15) is 22.0 Å². The Kier molecular flexibility index (Phi) is 7.21. The van der Waals surface area contributed by atoms with Crippen molar-refractivity contribution < 1.29 is 22.0 Å². The summed E-state index contributed by atoms with van der Waals surface area (Å²) >= 11 is 5.86. The molecule has 1 N–H and O–H groups in total. The molecule has 10 heteroatoms. The van der Waals surface area contributed by atoms with Crippen LogP contribution in [0.25, 0.3) is 0 Å². The van der Waals surface area contributed by atoms with E-state index in [0.29, 0.717) is 18.5 Å². The van der Waals surface area contributed by atoms with E-state index >= 15 is 0 Å². The van der Waals surface area contributed by atoms with Crippen molar-refractivity contribution in [2.75, 3.05) is 18.8 Å². The van der Waals surface area contributed by atoms with Gasteiger partial charge in [-0.15, -0.1) is 0 Å². The van der Waals surface area contributed by atoms with Crippen LogP contribution in [0.3, 0.4) is 0 Å². The average Bonchev–Trinajstić information content (AvgIpc) is 2.76. The fraction of sp³-hybridized carbons (Fsp3) is 0.455. The maximum Gasteiger partial charge on any atom is 0.256 e. The SMILES string of the molecule is CCS(=O)(=O)N1CCC(c2cccc(C)n2)([C@H](C)NC(=O)c2c(F)ccc(F)c2Cl)CC1. The summed E-state index contributed by atoms with van der Waals surface area (Å²) in [6, 6.07) is 6.70. The molecule has 0 saturated carbocycles. The van der Waals surface area contributed by atoms with Crippen LogP contribution in [-0.4, -0.2) is 48.5 Å². The molecule has 174 valence electrons. The predicted octanol–water partition coefficient (Wildman–Crippen LogP) is 3.82. The van der Waals surface area contributed by atoms with Gasteiger partial charge >= 0.3 is 0 Å². The molecule has 6 nitrogen and oxygen atoms in total. The molecule has 1 amide bonds.